The molecule has 0 amide bonds. The van der Waals surface area contributed by atoms with Crippen LogP contribution >= 0.6 is 0 Å². The zero-order valence-corrected chi connectivity index (χ0v) is 13.4. The van der Waals surface area contributed by atoms with E-state index in [9.17, 15) is 19.2 Å². The third-order valence-corrected chi connectivity index (χ3v) is 2.91. The third kappa shape index (κ3) is 7.26. The molecule has 0 aliphatic rings. The molecule has 0 aliphatic heterocycles. The number of hydrogen-bond donors (Lipinski definition) is 3. The summed E-state index contributed by atoms with van der Waals surface area (Å²) in [6.07, 6.45) is -2.45. The molecule has 0 bridgehead atoms. The van der Waals surface area contributed by atoms with Crippen molar-refractivity contribution in [3.63, 3.8) is 0 Å². The summed E-state index contributed by atoms with van der Waals surface area (Å²) in [6.45, 7) is 0. The van der Waals surface area contributed by atoms with Crippen molar-refractivity contribution in [3.05, 3.63) is 71.8 Å². The molecule has 2 aromatic rings. The van der Waals surface area contributed by atoms with Crippen LogP contribution in [0.15, 0.2) is 60.7 Å². The first-order valence-corrected chi connectivity index (χ1v) is 7.30. The number of carbonyl (C=O) groups excluding carboxylic acids is 1. The fourth-order valence-electron chi connectivity index (χ4n) is 1.69. The molecule has 136 valence electrons. The predicted molar refractivity (Wildman–Crippen MR) is 88.9 cm³/mol. The van der Waals surface area contributed by atoms with E-state index >= 15 is 0 Å². The van der Waals surface area contributed by atoms with Crippen LogP contribution in [0.4, 0.5) is 0 Å². The Morgan fingerprint density at radius 3 is 1.58 bits per heavy atom. The van der Waals surface area contributed by atoms with Gasteiger partial charge in [-0.05, 0) is 24.3 Å². The van der Waals surface area contributed by atoms with Gasteiger partial charge in [-0.2, -0.15) is 0 Å². The van der Waals surface area contributed by atoms with Crippen LogP contribution in [0.3, 0.4) is 0 Å². The van der Waals surface area contributed by atoms with E-state index in [0.717, 1.165) is 0 Å². The van der Waals surface area contributed by atoms with Gasteiger partial charge in [0.25, 0.3) is 0 Å². The Labute approximate surface area is 148 Å². The smallest absolute Gasteiger partial charge is 0.345 e. The number of esters is 1. The normalized spacial score (nSPS) is 10.6. The Hall–Kier alpha value is -3.68. The maximum Gasteiger partial charge on any atom is 0.345 e. The monoisotopic (exact) mass is 360 g/mol. The molecular formula is C18H16O8. The highest BCUT2D eigenvalue weighted by molar-refractivity contribution is 5.92. The van der Waals surface area contributed by atoms with Gasteiger partial charge in [-0.25, -0.2) is 14.4 Å². The minimum Gasteiger partial charge on any atom is -0.481 e. The van der Waals surface area contributed by atoms with E-state index in [2.05, 4.69) is 4.74 Å². The Bertz CT molecular complexity index is 755. The fraction of sp³-hybridized carbons (Fsp3) is 0.111. The second-order valence-electron chi connectivity index (χ2n) is 4.87. The van der Waals surface area contributed by atoms with Crippen LogP contribution < -0.4 is 0 Å². The molecule has 0 heterocycles. The molecule has 8 heteroatoms. The maximum atomic E-state index is 11.5. The summed E-state index contributed by atoms with van der Waals surface area (Å²) in [5, 5.41) is 25.5. The third-order valence-electron chi connectivity index (χ3n) is 2.91. The molecule has 8 nitrogen and oxygen atoms in total. The van der Waals surface area contributed by atoms with Crippen molar-refractivity contribution in [3.8, 4) is 0 Å². The molecule has 0 spiro atoms. The van der Waals surface area contributed by atoms with E-state index in [-0.39, 0.29) is 5.56 Å². The van der Waals surface area contributed by atoms with Gasteiger partial charge in [0.1, 0.15) is 0 Å². The number of aromatic carboxylic acids is 1. The minimum absolute atomic E-state index is 0.170. The predicted octanol–water partition coefficient (Wildman–Crippen LogP) is 2.16. The SMILES string of the molecule is O=C(O)CC(OC(=O)c1ccccc1)C(=O)O.O=C(O)c1ccccc1. The summed E-state index contributed by atoms with van der Waals surface area (Å²) in [5.74, 6) is -4.58. The van der Waals surface area contributed by atoms with Crippen molar-refractivity contribution in [1.29, 1.82) is 0 Å². The summed E-state index contributed by atoms with van der Waals surface area (Å²) < 4.78 is 4.59. The van der Waals surface area contributed by atoms with Gasteiger partial charge < -0.3 is 20.1 Å². The van der Waals surface area contributed by atoms with Crippen LogP contribution in [0.2, 0.25) is 0 Å². The molecule has 2 aromatic carbocycles. The van der Waals surface area contributed by atoms with Crippen molar-refractivity contribution >= 4 is 23.9 Å². The van der Waals surface area contributed by atoms with Gasteiger partial charge in [-0.15, -0.1) is 0 Å². The molecule has 3 N–H and O–H groups in total. The first-order chi connectivity index (χ1) is 12.3. The van der Waals surface area contributed by atoms with Crippen LogP contribution in [0.1, 0.15) is 27.1 Å². The summed E-state index contributed by atoms with van der Waals surface area (Å²) in [4.78, 5) is 42.7. The van der Waals surface area contributed by atoms with Crippen LogP contribution in [0, 0.1) is 0 Å². The molecule has 2 rings (SSSR count). The lowest BCUT2D eigenvalue weighted by Gasteiger charge is -2.11. The Kier molecular flexibility index (Phi) is 8.02. The molecule has 1 atom stereocenters. The van der Waals surface area contributed by atoms with E-state index in [1.165, 1.54) is 12.1 Å². The van der Waals surface area contributed by atoms with Crippen molar-refractivity contribution in [2.24, 2.45) is 0 Å². The van der Waals surface area contributed by atoms with Crippen LogP contribution in [0.5, 0.6) is 0 Å². The van der Waals surface area contributed by atoms with Gasteiger partial charge in [0.15, 0.2) is 0 Å². The van der Waals surface area contributed by atoms with E-state index in [4.69, 9.17) is 15.3 Å². The molecule has 0 saturated carbocycles. The standard InChI is InChI=1S/C11H10O6.C7H6O2/c12-9(13)6-8(10(14)15)17-11(16)7-4-2-1-3-5-7;8-7(9)6-4-2-1-3-5-6/h1-5,8H,6H2,(H,12,13)(H,14,15);1-5H,(H,8,9). The zero-order valence-electron chi connectivity index (χ0n) is 13.4. The highest BCUT2D eigenvalue weighted by Crippen LogP contribution is 2.06. The fourth-order valence-corrected chi connectivity index (χ4v) is 1.69. The molecule has 0 aliphatic carbocycles. The number of benzene rings is 2. The second-order valence-corrected chi connectivity index (χ2v) is 4.87. The summed E-state index contributed by atoms with van der Waals surface area (Å²) in [7, 11) is 0. The average Bonchev–Trinajstić information content (AvgIpc) is 2.62. The van der Waals surface area contributed by atoms with E-state index < -0.39 is 36.4 Å². The van der Waals surface area contributed by atoms with Crippen molar-refractivity contribution in [2.75, 3.05) is 0 Å². The van der Waals surface area contributed by atoms with Gasteiger partial charge in [-0.1, -0.05) is 36.4 Å². The molecule has 0 radical (unpaired) electrons. The van der Waals surface area contributed by atoms with Crippen molar-refractivity contribution in [1.82, 2.24) is 0 Å². The van der Waals surface area contributed by atoms with Crippen LogP contribution in [-0.2, 0) is 14.3 Å². The van der Waals surface area contributed by atoms with Gasteiger partial charge in [0.2, 0.25) is 6.10 Å². The lowest BCUT2D eigenvalue weighted by molar-refractivity contribution is -0.153. The number of carboxylic acid groups (broad SMARTS) is 3. The number of carbonyl (C=O) groups is 4. The second kappa shape index (κ2) is 10.2. The molecule has 1 unspecified atom stereocenters. The van der Waals surface area contributed by atoms with Crippen LogP contribution in [0.25, 0.3) is 0 Å². The largest absolute Gasteiger partial charge is 0.481 e. The highest BCUT2D eigenvalue weighted by atomic mass is 16.6. The van der Waals surface area contributed by atoms with Crippen LogP contribution in [-0.4, -0.2) is 45.3 Å². The van der Waals surface area contributed by atoms with Crippen molar-refractivity contribution in [2.45, 2.75) is 12.5 Å². The summed E-state index contributed by atoms with van der Waals surface area (Å²) >= 11 is 0. The lowest BCUT2D eigenvalue weighted by atomic mass is 10.2. The average molecular weight is 360 g/mol. The highest BCUT2D eigenvalue weighted by Gasteiger charge is 2.25. The Morgan fingerprint density at radius 2 is 1.23 bits per heavy atom. The minimum atomic E-state index is -1.68. The van der Waals surface area contributed by atoms with E-state index in [1.807, 2.05) is 0 Å². The number of aliphatic carboxylic acids is 2. The maximum absolute atomic E-state index is 11.5. The Morgan fingerprint density at radius 1 is 0.769 bits per heavy atom. The number of ether oxygens (including phenoxy) is 1. The summed E-state index contributed by atoms with van der Waals surface area (Å²) in [5.41, 5.74) is 0.502. The molecule has 0 fully saturated rings. The lowest BCUT2D eigenvalue weighted by Crippen LogP contribution is -2.29. The number of carboxylic acids is 3. The quantitative estimate of drug-likeness (QED) is 0.666. The Balaban J connectivity index is 0.000000314. The molecule has 26 heavy (non-hydrogen) atoms. The topological polar surface area (TPSA) is 138 Å². The molecular weight excluding hydrogens is 344 g/mol. The number of hydrogen-bond acceptors (Lipinski definition) is 5. The zero-order chi connectivity index (χ0) is 19.5. The van der Waals surface area contributed by atoms with Crippen molar-refractivity contribution < 1.29 is 39.2 Å². The van der Waals surface area contributed by atoms with Gasteiger partial charge in [0.05, 0.1) is 17.5 Å². The number of rotatable bonds is 6. The van der Waals surface area contributed by atoms with Gasteiger partial charge in [0, 0.05) is 0 Å². The first-order valence-electron chi connectivity index (χ1n) is 7.30. The molecule has 0 saturated heterocycles. The van der Waals surface area contributed by atoms with Gasteiger partial charge >= 0.3 is 23.9 Å². The molecule has 0 aromatic heterocycles. The van der Waals surface area contributed by atoms with E-state index in [1.54, 1.807) is 48.5 Å². The van der Waals surface area contributed by atoms with E-state index in [0.29, 0.717) is 5.56 Å². The first kappa shape index (κ1) is 20.4. The summed E-state index contributed by atoms with van der Waals surface area (Å²) in [6, 6.07) is 16.0. The van der Waals surface area contributed by atoms with Gasteiger partial charge in [-0.3, -0.25) is 4.79 Å².